The topological polar surface area (TPSA) is 64.7 Å². The normalized spacial score (nSPS) is 12.0. The van der Waals surface area contributed by atoms with Gasteiger partial charge in [-0.05, 0) is 50.1 Å². The molecule has 0 aliphatic carbocycles. The SMILES string of the molecule is Cc1cccc(-n2c(C)cc(C(=O)NC(Cn3cncn3)c3ccccc3)c2C)c1. The summed E-state index contributed by atoms with van der Waals surface area (Å²) in [7, 11) is 0. The average molecular weight is 399 g/mol. The second-order valence-electron chi connectivity index (χ2n) is 7.51. The summed E-state index contributed by atoms with van der Waals surface area (Å²) >= 11 is 0. The van der Waals surface area contributed by atoms with Gasteiger partial charge in [0.05, 0.1) is 18.2 Å². The Bertz CT molecular complexity index is 1150. The van der Waals surface area contributed by atoms with E-state index in [0.29, 0.717) is 12.1 Å². The summed E-state index contributed by atoms with van der Waals surface area (Å²) < 4.78 is 3.85. The lowest BCUT2D eigenvalue weighted by Crippen LogP contribution is -2.32. The van der Waals surface area contributed by atoms with Gasteiger partial charge in [0.25, 0.3) is 5.91 Å². The molecule has 0 saturated carbocycles. The highest BCUT2D eigenvalue weighted by molar-refractivity contribution is 5.96. The van der Waals surface area contributed by atoms with Crippen LogP contribution in [0.4, 0.5) is 0 Å². The standard InChI is InChI=1S/C24H25N5O/c1-17-8-7-11-21(12-17)29-18(2)13-22(19(29)3)24(30)27-23(14-28-16-25-15-26-28)20-9-5-4-6-10-20/h4-13,15-16,23H,14H2,1-3H3,(H,27,30). The first-order valence-corrected chi connectivity index (χ1v) is 9.97. The summed E-state index contributed by atoms with van der Waals surface area (Å²) in [5.41, 5.74) is 5.88. The van der Waals surface area contributed by atoms with Crippen LogP contribution in [0.15, 0.2) is 73.3 Å². The van der Waals surface area contributed by atoms with E-state index in [4.69, 9.17) is 0 Å². The zero-order valence-electron chi connectivity index (χ0n) is 17.4. The Morgan fingerprint density at radius 1 is 1.03 bits per heavy atom. The van der Waals surface area contributed by atoms with Gasteiger partial charge in [0.2, 0.25) is 0 Å². The molecule has 0 aliphatic rings. The summed E-state index contributed by atoms with van der Waals surface area (Å²) in [5.74, 6) is -0.101. The fraction of sp³-hybridized carbons (Fsp3) is 0.208. The van der Waals surface area contributed by atoms with Crippen LogP contribution < -0.4 is 5.32 Å². The van der Waals surface area contributed by atoms with E-state index < -0.39 is 0 Å². The van der Waals surface area contributed by atoms with Crippen LogP contribution in [-0.2, 0) is 6.54 Å². The Morgan fingerprint density at radius 2 is 1.83 bits per heavy atom. The van der Waals surface area contributed by atoms with Crippen LogP contribution in [0.2, 0.25) is 0 Å². The zero-order chi connectivity index (χ0) is 21.1. The second kappa shape index (κ2) is 8.37. The first-order valence-electron chi connectivity index (χ1n) is 9.97. The van der Waals surface area contributed by atoms with E-state index in [-0.39, 0.29) is 11.9 Å². The fourth-order valence-corrected chi connectivity index (χ4v) is 3.83. The molecule has 0 aliphatic heterocycles. The molecule has 6 nitrogen and oxygen atoms in total. The molecule has 2 heterocycles. The molecule has 2 aromatic heterocycles. The van der Waals surface area contributed by atoms with Crippen molar-refractivity contribution in [3.63, 3.8) is 0 Å². The third kappa shape index (κ3) is 4.03. The van der Waals surface area contributed by atoms with Crippen molar-refractivity contribution < 1.29 is 4.79 Å². The number of nitrogens with zero attached hydrogens (tertiary/aromatic N) is 4. The maximum absolute atomic E-state index is 13.3. The van der Waals surface area contributed by atoms with E-state index in [1.807, 2.05) is 56.3 Å². The molecule has 1 unspecified atom stereocenters. The number of amides is 1. The largest absolute Gasteiger partial charge is 0.343 e. The average Bonchev–Trinajstić information content (AvgIpc) is 3.35. The van der Waals surface area contributed by atoms with Crippen molar-refractivity contribution in [2.75, 3.05) is 0 Å². The summed E-state index contributed by atoms with van der Waals surface area (Å²) in [4.78, 5) is 17.3. The first-order chi connectivity index (χ1) is 14.5. The summed E-state index contributed by atoms with van der Waals surface area (Å²) in [5, 5.41) is 7.39. The van der Waals surface area contributed by atoms with Gasteiger partial charge < -0.3 is 9.88 Å². The van der Waals surface area contributed by atoms with Gasteiger partial charge in [-0.25, -0.2) is 4.98 Å². The van der Waals surface area contributed by atoms with E-state index in [2.05, 4.69) is 45.1 Å². The predicted molar refractivity (Wildman–Crippen MR) is 117 cm³/mol. The number of carbonyl (C=O) groups is 1. The quantitative estimate of drug-likeness (QED) is 0.529. The molecule has 6 heteroatoms. The van der Waals surface area contributed by atoms with Gasteiger partial charge in [-0.15, -0.1) is 0 Å². The molecule has 30 heavy (non-hydrogen) atoms. The molecule has 4 rings (SSSR count). The first kappa shape index (κ1) is 19.6. The number of aromatic nitrogens is 4. The smallest absolute Gasteiger partial charge is 0.253 e. The van der Waals surface area contributed by atoms with E-state index in [0.717, 1.165) is 22.6 Å². The Hall–Kier alpha value is -3.67. The molecular formula is C24H25N5O. The van der Waals surface area contributed by atoms with Crippen LogP contribution in [0.25, 0.3) is 5.69 Å². The minimum absolute atomic E-state index is 0.101. The third-order valence-corrected chi connectivity index (χ3v) is 5.28. The molecule has 0 radical (unpaired) electrons. The van der Waals surface area contributed by atoms with Crippen molar-refractivity contribution in [2.24, 2.45) is 0 Å². The minimum atomic E-state index is -0.220. The number of carbonyl (C=O) groups excluding carboxylic acids is 1. The molecule has 0 fully saturated rings. The number of benzene rings is 2. The highest BCUT2D eigenvalue weighted by Gasteiger charge is 2.21. The number of rotatable bonds is 6. The maximum atomic E-state index is 13.3. The fourth-order valence-electron chi connectivity index (χ4n) is 3.83. The summed E-state index contributed by atoms with van der Waals surface area (Å²) in [6, 6.07) is 20.0. The number of hydrogen-bond donors (Lipinski definition) is 1. The highest BCUT2D eigenvalue weighted by atomic mass is 16.1. The lowest BCUT2D eigenvalue weighted by Gasteiger charge is -2.19. The van der Waals surface area contributed by atoms with Gasteiger partial charge >= 0.3 is 0 Å². The maximum Gasteiger partial charge on any atom is 0.253 e. The van der Waals surface area contributed by atoms with E-state index >= 15 is 0 Å². The zero-order valence-corrected chi connectivity index (χ0v) is 17.4. The molecule has 4 aromatic rings. The van der Waals surface area contributed by atoms with E-state index in [1.54, 1.807) is 11.0 Å². The lowest BCUT2D eigenvalue weighted by atomic mass is 10.1. The van der Waals surface area contributed by atoms with Gasteiger partial charge in [-0.1, -0.05) is 42.5 Å². The Kier molecular flexibility index (Phi) is 5.48. The van der Waals surface area contributed by atoms with Crippen LogP contribution in [0.3, 0.4) is 0 Å². The second-order valence-corrected chi connectivity index (χ2v) is 7.51. The monoisotopic (exact) mass is 399 g/mol. The lowest BCUT2D eigenvalue weighted by molar-refractivity contribution is 0.0931. The Labute approximate surface area is 176 Å². The molecule has 152 valence electrons. The highest BCUT2D eigenvalue weighted by Crippen LogP contribution is 2.23. The van der Waals surface area contributed by atoms with E-state index in [9.17, 15) is 4.79 Å². The Morgan fingerprint density at radius 3 is 2.53 bits per heavy atom. The van der Waals surface area contributed by atoms with Crippen molar-refractivity contribution in [1.82, 2.24) is 24.6 Å². The van der Waals surface area contributed by atoms with Gasteiger partial charge in [-0.2, -0.15) is 5.10 Å². The summed E-state index contributed by atoms with van der Waals surface area (Å²) in [6.45, 7) is 6.58. The van der Waals surface area contributed by atoms with Crippen LogP contribution in [-0.4, -0.2) is 25.2 Å². The van der Waals surface area contributed by atoms with Gasteiger partial charge in [0, 0.05) is 17.1 Å². The van der Waals surface area contributed by atoms with Crippen LogP contribution in [0.1, 0.15) is 38.9 Å². The van der Waals surface area contributed by atoms with Gasteiger partial charge in [-0.3, -0.25) is 9.48 Å². The molecule has 1 amide bonds. The van der Waals surface area contributed by atoms with Gasteiger partial charge in [0.1, 0.15) is 12.7 Å². The molecule has 0 spiro atoms. The van der Waals surface area contributed by atoms with Crippen molar-refractivity contribution in [3.05, 3.63) is 101 Å². The minimum Gasteiger partial charge on any atom is -0.343 e. The van der Waals surface area contributed by atoms with Crippen LogP contribution in [0, 0.1) is 20.8 Å². The predicted octanol–water partition coefficient (Wildman–Crippen LogP) is 4.17. The molecule has 1 atom stereocenters. The van der Waals surface area contributed by atoms with Crippen LogP contribution in [0.5, 0.6) is 0 Å². The van der Waals surface area contributed by atoms with Gasteiger partial charge in [0.15, 0.2) is 0 Å². The van der Waals surface area contributed by atoms with Crippen molar-refractivity contribution in [3.8, 4) is 5.69 Å². The molecule has 0 saturated heterocycles. The Balaban J connectivity index is 1.64. The number of nitrogens with one attached hydrogen (secondary N) is 1. The van der Waals surface area contributed by atoms with E-state index in [1.165, 1.54) is 11.9 Å². The van der Waals surface area contributed by atoms with Crippen molar-refractivity contribution in [2.45, 2.75) is 33.4 Å². The third-order valence-electron chi connectivity index (χ3n) is 5.28. The van der Waals surface area contributed by atoms with Crippen molar-refractivity contribution >= 4 is 5.91 Å². The molecular weight excluding hydrogens is 374 g/mol. The number of aryl methyl sites for hydroxylation is 2. The molecule has 2 aromatic carbocycles. The van der Waals surface area contributed by atoms with Crippen molar-refractivity contribution in [1.29, 1.82) is 0 Å². The molecule has 1 N–H and O–H groups in total. The molecule has 0 bridgehead atoms. The number of hydrogen-bond acceptors (Lipinski definition) is 3. The summed E-state index contributed by atoms with van der Waals surface area (Å²) in [6.07, 6.45) is 3.16. The van der Waals surface area contributed by atoms with Crippen LogP contribution >= 0.6 is 0 Å².